The number of hydrogen-bond donors (Lipinski definition) is 1. The van der Waals surface area contributed by atoms with E-state index < -0.39 is 12.0 Å². The fourth-order valence-electron chi connectivity index (χ4n) is 2.95. The molecule has 2 aromatic rings. The Morgan fingerprint density at radius 1 is 1.32 bits per heavy atom. The van der Waals surface area contributed by atoms with Crippen LogP contribution in [0.5, 0.6) is 5.75 Å². The molecule has 2 heterocycles. The molecule has 0 fully saturated rings. The van der Waals surface area contributed by atoms with Crippen LogP contribution in [-0.2, 0) is 29.1 Å². The molecule has 8 nitrogen and oxygen atoms in total. The van der Waals surface area contributed by atoms with Gasteiger partial charge in [0.25, 0.3) is 5.91 Å². The maximum atomic E-state index is 12.6. The van der Waals surface area contributed by atoms with Crippen LogP contribution in [0.25, 0.3) is 0 Å². The first-order chi connectivity index (χ1) is 12.0. The van der Waals surface area contributed by atoms with Gasteiger partial charge in [0.2, 0.25) is 0 Å². The number of aromatic nitrogens is 3. The molecule has 1 unspecified atom stereocenters. The van der Waals surface area contributed by atoms with Crippen molar-refractivity contribution in [2.45, 2.75) is 39.4 Å². The quantitative estimate of drug-likeness (QED) is 0.870. The van der Waals surface area contributed by atoms with E-state index in [1.54, 1.807) is 17.6 Å². The van der Waals surface area contributed by atoms with Crippen molar-refractivity contribution in [3.8, 4) is 5.75 Å². The van der Waals surface area contributed by atoms with Crippen LogP contribution in [0.4, 0.5) is 0 Å². The number of hydrogen-bond acceptors (Lipinski definition) is 5. The monoisotopic (exact) mass is 344 g/mol. The molecule has 0 saturated carbocycles. The summed E-state index contributed by atoms with van der Waals surface area (Å²) in [5.41, 5.74) is 0.999. The van der Waals surface area contributed by atoms with E-state index in [2.05, 4.69) is 10.2 Å². The molecule has 1 amide bonds. The minimum atomic E-state index is -1.05. The van der Waals surface area contributed by atoms with Crippen LogP contribution in [0, 0.1) is 6.92 Å². The van der Waals surface area contributed by atoms with E-state index in [0.717, 1.165) is 12.0 Å². The van der Waals surface area contributed by atoms with E-state index in [1.807, 2.05) is 25.1 Å². The largest absolute Gasteiger partial charge is 0.483 e. The molecule has 3 rings (SSSR count). The molecule has 0 radical (unpaired) electrons. The van der Waals surface area contributed by atoms with Crippen molar-refractivity contribution in [3.63, 3.8) is 0 Å². The number of aliphatic carboxylic acids is 1. The summed E-state index contributed by atoms with van der Waals surface area (Å²) < 4.78 is 7.37. The first-order valence-corrected chi connectivity index (χ1v) is 8.13. The smallest absolute Gasteiger partial charge is 0.328 e. The number of carbonyl (C=O) groups excluding carboxylic acids is 1. The third kappa shape index (κ3) is 3.33. The predicted octanol–water partition coefficient (Wildman–Crippen LogP) is 1.02. The van der Waals surface area contributed by atoms with Gasteiger partial charge in [-0.25, -0.2) is 4.79 Å². The third-order valence-electron chi connectivity index (χ3n) is 4.37. The van der Waals surface area contributed by atoms with Gasteiger partial charge in [-0.15, -0.1) is 10.2 Å². The lowest BCUT2D eigenvalue weighted by Crippen LogP contribution is -2.52. The summed E-state index contributed by atoms with van der Waals surface area (Å²) in [4.78, 5) is 25.5. The number of fused-ring (bicyclic) bond motifs is 1. The highest BCUT2D eigenvalue weighted by atomic mass is 16.5. The molecule has 1 atom stereocenters. The van der Waals surface area contributed by atoms with Gasteiger partial charge in [-0.2, -0.15) is 0 Å². The number of amides is 1. The minimum Gasteiger partial charge on any atom is -0.483 e. The molecule has 1 N–H and O–H groups in total. The molecule has 1 aromatic heterocycles. The lowest BCUT2D eigenvalue weighted by atomic mass is 10.1. The van der Waals surface area contributed by atoms with Crippen molar-refractivity contribution < 1.29 is 19.4 Å². The summed E-state index contributed by atoms with van der Waals surface area (Å²) in [6.07, 6.45) is 0.786. The van der Waals surface area contributed by atoms with Crippen LogP contribution in [0.1, 0.15) is 24.1 Å². The highest BCUT2D eigenvalue weighted by Crippen LogP contribution is 2.21. The SMILES string of the molecule is CCc1ccccc1OCC(=O)N1Cc2nnc(C)n2CC1C(=O)O. The highest BCUT2D eigenvalue weighted by molar-refractivity contribution is 5.84. The van der Waals surface area contributed by atoms with Gasteiger partial charge < -0.3 is 19.3 Å². The summed E-state index contributed by atoms with van der Waals surface area (Å²) in [5, 5.41) is 17.5. The summed E-state index contributed by atoms with van der Waals surface area (Å²) in [6.45, 7) is 3.80. The topological polar surface area (TPSA) is 97.5 Å². The second-order valence-electron chi connectivity index (χ2n) is 5.90. The van der Waals surface area contributed by atoms with Gasteiger partial charge in [0.05, 0.1) is 13.1 Å². The van der Waals surface area contributed by atoms with Crippen LogP contribution in [-0.4, -0.2) is 49.3 Å². The summed E-state index contributed by atoms with van der Waals surface area (Å²) in [5.74, 6) is 0.422. The van der Waals surface area contributed by atoms with Gasteiger partial charge in [-0.05, 0) is 25.0 Å². The van der Waals surface area contributed by atoms with Crippen LogP contribution in [0.3, 0.4) is 0 Å². The zero-order valence-corrected chi connectivity index (χ0v) is 14.2. The molecule has 132 valence electrons. The molecule has 8 heteroatoms. The average molecular weight is 344 g/mol. The number of carboxylic acid groups (broad SMARTS) is 1. The molecule has 0 bridgehead atoms. The third-order valence-corrected chi connectivity index (χ3v) is 4.37. The normalized spacial score (nSPS) is 16.4. The Morgan fingerprint density at radius 3 is 2.80 bits per heavy atom. The van der Waals surface area contributed by atoms with Crippen molar-refractivity contribution >= 4 is 11.9 Å². The van der Waals surface area contributed by atoms with E-state index in [1.165, 1.54) is 4.90 Å². The molecule has 1 aliphatic rings. The maximum Gasteiger partial charge on any atom is 0.328 e. The standard InChI is InChI=1S/C17H20N4O4/c1-3-12-6-4-5-7-14(12)25-10-16(22)21-9-15-19-18-11(2)20(15)8-13(21)17(23)24/h4-7,13H,3,8-10H2,1-2H3,(H,23,24). The van der Waals surface area contributed by atoms with E-state index in [0.29, 0.717) is 17.4 Å². The average Bonchev–Trinajstić information content (AvgIpc) is 2.99. The number of rotatable bonds is 5. The Bertz CT molecular complexity index is 802. The molecular weight excluding hydrogens is 324 g/mol. The number of carboxylic acids is 1. The summed E-state index contributed by atoms with van der Waals surface area (Å²) >= 11 is 0. The Balaban J connectivity index is 1.75. The Labute approximate surface area is 145 Å². The van der Waals surface area contributed by atoms with Crippen LogP contribution in [0.2, 0.25) is 0 Å². The van der Waals surface area contributed by atoms with Gasteiger partial charge in [-0.3, -0.25) is 4.79 Å². The van der Waals surface area contributed by atoms with Gasteiger partial charge in [-0.1, -0.05) is 25.1 Å². The predicted molar refractivity (Wildman–Crippen MR) is 88.0 cm³/mol. The number of carbonyl (C=O) groups is 2. The second-order valence-corrected chi connectivity index (χ2v) is 5.90. The van der Waals surface area contributed by atoms with Gasteiger partial charge in [0.15, 0.2) is 12.4 Å². The number of aryl methyl sites for hydroxylation is 2. The number of nitrogens with zero attached hydrogens (tertiary/aromatic N) is 4. The van der Waals surface area contributed by atoms with E-state index >= 15 is 0 Å². The van der Waals surface area contributed by atoms with Crippen molar-refractivity contribution in [3.05, 3.63) is 41.5 Å². The highest BCUT2D eigenvalue weighted by Gasteiger charge is 2.36. The molecule has 1 aliphatic heterocycles. The molecule has 0 saturated heterocycles. The first kappa shape index (κ1) is 16.9. The van der Waals surface area contributed by atoms with Crippen molar-refractivity contribution in [1.82, 2.24) is 19.7 Å². The van der Waals surface area contributed by atoms with Gasteiger partial charge >= 0.3 is 5.97 Å². The van der Waals surface area contributed by atoms with Crippen molar-refractivity contribution in [2.75, 3.05) is 6.61 Å². The van der Waals surface area contributed by atoms with Crippen molar-refractivity contribution in [2.24, 2.45) is 0 Å². The zero-order chi connectivity index (χ0) is 18.0. The molecule has 1 aromatic carbocycles. The number of ether oxygens (including phenoxy) is 1. The number of para-hydroxylation sites is 1. The fraction of sp³-hybridized carbons (Fsp3) is 0.412. The molecule has 0 aliphatic carbocycles. The zero-order valence-electron chi connectivity index (χ0n) is 14.2. The first-order valence-electron chi connectivity index (χ1n) is 8.13. The lowest BCUT2D eigenvalue weighted by molar-refractivity contribution is -0.153. The fourth-order valence-corrected chi connectivity index (χ4v) is 2.95. The van der Waals surface area contributed by atoms with Crippen LogP contribution < -0.4 is 4.74 Å². The van der Waals surface area contributed by atoms with Crippen LogP contribution >= 0.6 is 0 Å². The van der Waals surface area contributed by atoms with E-state index in [9.17, 15) is 14.7 Å². The lowest BCUT2D eigenvalue weighted by Gasteiger charge is -2.33. The van der Waals surface area contributed by atoms with E-state index in [4.69, 9.17) is 4.74 Å². The molecular formula is C17H20N4O4. The minimum absolute atomic E-state index is 0.107. The van der Waals surface area contributed by atoms with E-state index in [-0.39, 0.29) is 25.6 Å². The maximum absolute atomic E-state index is 12.6. The molecule has 25 heavy (non-hydrogen) atoms. The Kier molecular flexibility index (Phi) is 4.69. The molecule has 0 spiro atoms. The second kappa shape index (κ2) is 6.92. The summed E-state index contributed by atoms with van der Waals surface area (Å²) in [7, 11) is 0. The summed E-state index contributed by atoms with van der Waals surface area (Å²) in [6, 6.07) is 6.53. The Hall–Kier alpha value is -2.90. The van der Waals surface area contributed by atoms with Gasteiger partial charge in [0, 0.05) is 0 Å². The van der Waals surface area contributed by atoms with Gasteiger partial charge in [0.1, 0.15) is 17.6 Å². The number of benzene rings is 1. The van der Waals surface area contributed by atoms with Crippen molar-refractivity contribution in [1.29, 1.82) is 0 Å². The Morgan fingerprint density at radius 2 is 2.08 bits per heavy atom. The van der Waals surface area contributed by atoms with Crippen LogP contribution in [0.15, 0.2) is 24.3 Å².